The number of nitrogens with zero attached hydrogens (tertiary/aromatic N) is 1. The van der Waals surface area contributed by atoms with Gasteiger partial charge < -0.3 is 0 Å². The molecule has 232 valence electrons. The number of aliphatic imine (C=N–C) groups is 1. The molecule has 0 amide bonds. The van der Waals surface area contributed by atoms with Gasteiger partial charge in [0, 0.05) is 11.6 Å². The summed E-state index contributed by atoms with van der Waals surface area (Å²) >= 11 is 0. The van der Waals surface area contributed by atoms with E-state index in [0.29, 0.717) is 0 Å². The molecule has 7 aromatic rings. The minimum atomic E-state index is 0.0192. The highest BCUT2D eigenvalue weighted by Crippen LogP contribution is 2.42. The van der Waals surface area contributed by atoms with E-state index < -0.39 is 0 Å². The molecule has 8 rings (SSSR count). The molecule has 0 spiro atoms. The lowest BCUT2D eigenvalue weighted by molar-refractivity contribution is 0.519. The molecule has 48 heavy (non-hydrogen) atoms. The smallest absolute Gasteiger partial charge is 0.0820 e. The minimum Gasteiger partial charge on any atom is -0.280 e. The largest absolute Gasteiger partial charge is 0.280 e. The summed E-state index contributed by atoms with van der Waals surface area (Å²) in [5, 5.41) is 5.17. The van der Waals surface area contributed by atoms with Crippen molar-refractivity contribution in [1.29, 1.82) is 0 Å². The normalized spacial score (nSPS) is 18.8. The van der Waals surface area contributed by atoms with Crippen LogP contribution in [0.4, 0.5) is 0 Å². The maximum atomic E-state index is 5.61. The lowest BCUT2D eigenvalue weighted by atomic mass is 9.79. The highest BCUT2D eigenvalue weighted by atomic mass is 14.8. The summed E-state index contributed by atoms with van der Waals surface area (Å²) < 4.78 is 0. The number of hydrogen-bond donors (Lipinski definition) is 0. The quantitative estimate of drug-likeness (QED) is 0.165. The molecule has 0 aromatic heterocycles. The first-order chi connectivity index (χ1) is 23.8. The summed E-state index contributed by atoms with van der Waals surface area (Å²) in [7, 11) is 0. The maximum Gasteiger partial charge on any atom is 0.0820 e. The van der Waals surface area contributed by atoms with Gasteiger partial charge in [0.15, 0.2) is 0 Å². The Bertz CT molecular complexity index is 2240. The molecule has 1 nitrogen and oxygen atoms in total. The monoisotopic (exact) mass is 617 g/mol. The number of benzene rings is 7. The molecule has 0 radical (unpaired) electrons. The molecule has 2 atom stereocenters. The molecular weight excluding hydrogens is 579 g/mol. The van der Waals surface area contributed by atoms with Crippen LogP contribution in [-0.2, 0) is 0 Å². The zero-order chi connectivity index (χ0) is 32.3. The van der Waals surface area contributed by atoms with Crippen molar-refractivity contribution in [3.63, 3.8) is 0 Å². The number of allylic oxidation sites excluding steroid dienone is 1. The fraction of sp³-hybridized carbons (Fsp3) is 0.128. The summed E-state index contributed by atoms with van der Waals surface area (Å²) in [4.78, 5) is 5.61. The third-order valence-corrected chi connectivity index (χ3v) is 10.0. The van der Waals surface area contributed by atoms with E-state index in [1.165, 1.54) is 71.8 Å². The van der Waals surface area contributed by atoms with Crippen molar-refractivity contribution < 1.29 is 0 Å². The lowest BCUT2D eigenvalue weighted by Crippen LogP contribution is -2.17. The van der Waals surface area contributed by atoms with Crippen LogP contribution in [0.15, 0.2) is 175 Å². The van der Waals surface area contributed by atoms with E-state index in [1.54, 1.807) is 0 Å². The second-order valence-electron chi connectivity index (χ2n) is 12.9. The third kappa shape index (κ3) is 5.78. The minimum absolute atomic E-state index is 0.0192. The van der Waals surface area contributed by atoms with Gasteiger partial charge in [-0.1, -0.05) is 171 Å². The Balaban J connectivity index is 1.19. The van der Waals surface area contributed by atoms with Crippen LogP contribution in [0.25, 0.3) is 49.4 Å². The van der Waals surface area contributed by atoms with E-state index in [9.17, 15) is 0 Å². The van der Waals surface area contributed by atoms with Gasteiger partial charge in [-0.05, 0) is 91.4 Å². The van der Waals surface area contributed by atoms with Gasteiger partial charge >= 0.3 is 0 Å². The zero-order valence-corrected chi connectivity index (χ0v) is 27.4. The topological polar surface area (TPSA) is 12.4 Å². The lowest BCUT2D eigenvalue weighted by Gasteiger charge is -2.30. The molecule has 0 saturated heterocycles. The van der Waals surface area contributed by atoms with Crippen molar-refractivity contribution in [1.82, 2.24) is 0 Å². The van der Waals surface area contributed by atoms with Gasteiger partial charge in [0.2, 0.25) is 0 Å². The van der Waals surface area contributed by atoms with Crippen molar-refractivity contribution in [2.45, 2.75) is 32.2 Å². The Labute approximate surface area is 284 Å². The van der Waals surface area contributed by atoms with E-state index >= 15 is 0 Å². The van der Waals surface area contributed by atoms with Crippen molar-refractivity contribution in [3.05, 3.63) is 187 Å². The van der Waals surface area contributed by atoms with Gasteiger partial charge in [-0.15, -0.1) is 0 Å². The third-order valence-electron chi connectivity index (χ3n) is 10.0. The highest BCUT2D eigenvalue weighted by Gasteiger charge is 2.28. The fourth-order valence-electron chi connectivity index (χ4n) is 7.58. The first-order valence-corrected chi connectivity index (χ1v) is 17.3. The number of hydrogen-bond acceptors (Lipinski definition) is 1. The van der Waals surface area contributed by atoms with Crippen LogP contribution in [0.1, 0.15) is 48.9 Å². The molecule has 0 aliphatic carbocycles. The number of rotatable bonds is 6. The summed E-state index contributed by atoms with van der Waals surface area (Å²) in [5.41, 5.74) is 11.4. The SMILES string of the molecule is CCC1/C(c2ccc(-c3cc4ccccc4c4ccccc34)cc2)=C\CC/C(c2ccccc2)=N\C1c1ccc(-c2ccccc2)cc1. The van der Waals surface area contributed by atoms with Crippen LogP contribution in [0.5, 0.6) is 0 Å². The first kappa shape index (κ1) is 29.8. The zero-order valence-electron chi connectivity index (χ0n) is 27.4. The van der Waals surface area contributed by atoms with Crippen LogP contribution in [-0.4, -0.2) is 5.71 Å². The second-order valence-corrected chi connectivity index (χ2v) is 12.9. The molecule has 0 saturated carbocycles. The van der Waals surface area contributed by atoms with Crippen LogP contribution in [0.2, 0.25) is 0 Å². The predicted molar refractivity (Wildman–Crippen MR) is 205 cm³/mol. The molecular formula is C47H39N. The van der Waals surface area contributed by atoms with Gasteiger partial charge in [0.05, 0.1) is 6.04 Å². The molecule has 1 heterocycles. The summed E-state index contributed by atoms with van der Waals surface area (Å²) in [5.74, 6) is 0.249. The molecule has 0 fully saturated rings. The average Bonchev–Trinajstić information content (AvgIpc) is 3.16. The standard InChI is InChI=1S/C47H39N/c1-2-40-41(35-26-28-36(29-27-35)45-32-39-18-9-10-19-42(39)43-20-11-12-21-44(43)45)22-13-23-46(37-16-7-4-8-17-37)48-47(40)38-30-24-34(25-31-38)33-14-5-3-6-15-33/h3-12,14-22,24-32,40,47H,2,13,23H2,1H3/b41-22-,48-46+. The van der Waals surface area contributed by atoms with Gasteiger partial charge in [0.1, 0.15) is 0 Å². The van der Waals surface area contributed by atoms with Crippen molar-refractivity contribution in [2.75, 3.05) is 0 Å². The summed E-state index contributed by atoms with van der Waals surface area (Å²) in [6, 6.07) is 59.7. The predicted octanol–water partition coefficient (Wildman–Crippen LogP) is 12.8. The Morgan fingerprint density at radius 3 is 1.79 bits per heavy atom. The molecule has 2 unspecified atom stereocenters. The van der Waals surface area contributed by atoms with Gasteiger partial charge in [-0.25, -0.2) is 0 Å². The second kappa shape index (κ2) is 13.3. The van der Waals surface area contributed by atoms with Gasteiger partial charge in [0.25, 0.3) is 0 Å². The van der Waals surface area contributed by atoms with Crippen LogP contribution < -0.4 is 0 Å². The van der Waals surface area contributed by atoms with E-state index in [4.69, 9.17) is 4.99 Å². The van der Waals surface area contributed by atoms with E-state index in [-0.39, 0.29) is 12.0 Å². The summed E-state index contributed by atoms with van der Waals surface area (Å²) in [6.07, 6.45) is 5.39. The van der Waals surface area contributed by atoms with Crippen molar-refractivity contribution in [2.24, 2.45) is 10.9 Å². The van der Waals surface area contributed by atoms with Crippen LogP contribution in [0.3, 0.4) is 0 Å². The van der Waals surface area contributed by atoms with Crippen molar-refractivity contribution >= 4 is 32.8 Å². The van der Waals surface area contributed by atoms with Crippen LogP contribution >= 0.6 is 0 Å². The Morgan fingerprint density at radius 1 is 0.521 bits per heavy atom. The molecule has 1 aliphatic heterocycles. The van der Waals surface area contributed by atoms with E-state index in [1.807, 2.05) is 0 Å². The molecule has 0 N–H and O–H groups in total. The molecule has 0 bridgehead atoms. The van der Waals surface area contributed by atoms with E-state index in [0.717, 1.165) is 19.3 Å². The maximum absolute atomic E-state index is 5.61. The Hall–Kier alpha value is -5.53. The summed E-state index contributed by atoms with van der Waals surface area (Å²) in [6.45, 7) is 2.32. The van der Waals surface area contributed by atoms with E-state index in [2.05, 4.69) is 177 Å². The van der Waals surface area contributed by atoms with Gasteiger partial charge in [-0.3, -0.25) is 4.99 Å². The number of fused-ring (bicyclic) bond motifs is 3. The molecule has 1 heteroatoms. The van der Waals surface area contributed by atoms with Crippen molar-refractivity contribution in [3.8, 4) is 22.3 Å². The molecule has 7 aromatic carbocycles. The average molecular weight is 618 g/mol. The first-order valence-electron chi connectivity index (χ1n) is 17.3. The Kier molecular flexibility index (Phi) is 8.27. The van der Waals surface area contributed by atoms with Gasteiger partial charge in [-0.2, -0.15) is 0 Å². The van der Waals surface area contributed by atoms with Crippen LogP contribution in [0, 0.1) is 5.92 Å². The fourth-order valence-corrected chi connectivity index (χ4v) is 7.58. The Morgan fingerprint density at radius 2 is 1.08 bits per heavy atom. The molecule has 1 aliphatic rings. The highest BCUT2D eigenvalue weighted by molar-refractivity contribution is 6.13.